The number of carbonyl (C=O) groups is 4. The summed E-state index contributed by atoms with van der Waals surface area (Å²) in [5, 5.41) is 13.5. The molecule has 6 heterocycles. The van der Waals surface area contributed by atoms with Crippen LogP contribution >= 0.6 is 11.6 Å². The zero-order valence-corrected chi connectivity index (χ0v) is 31.2. The molecule has 5 amide bonds. The zero-order chi connectivity index (χ0) is 38.0. The molecule has 0 unspecified atom stereocenters. The third kappa shape index (κ3) is 6.37. The number of urea groups is 1. The third-order valence-electron chi connectivity index (χ3n) is 12.1. The Kier molecular flexibility index (Phi) is 8.78. The molecule has 2 aromatic heterocycles. The van der Waals surface area contributed by atoms with Crippen LogP contribution in [0, 0.1) is 5.41 Å². The molecule has 2 aromatic carbocycles. The van der Waals surface area contributed by atoms with Crippen molar-refractivity contribution in [2.45, 2.75) is 57.2 Å². The van der Waals surface area contributed by atoms with Crippen LogP contribution in [-0.4, -0.2) is 102 Å². The molecule has 286 valence electrons. The average molecular weight is 769 g/mol. The molecule has 16 heteroatoms. The van der Waals surface area contributed by atoms with Gasteiger partial charge < -0.3 is 25.3 Å². The highest BCUT2D eigenvalue weighted by Gasteiger charge is 2.41. The normalized spacial score (nSPS) is 21.9. The molecule has 9 rings (SSSR count). The molecule has 14 nitrogen and oxygen atoms in total. The number of imidazole rings is 1. The lowest BCUT2D eigenvalue weighted by molar-refractivity contribution is -0.120. The quantitative estimate of drug-likeness (QED) is 0.238. The van der Waals surface area contributed by atoms with Gasteiger partial charge in [0.1, 0.15) is 6.17 Å². The number of benzene rings is 2. The summed E-state index contributed by atoms with van der Waals surface area (Å²) in [6.07, 6.45) is 5.75. The number of piperidine rings is 2. The van der Waals surface area contributed by atoms with Crippen molar-refractivity contribution in [2.24, 2.45) is 5.41 Å². The maximum atomic E-state index is 13.7. The summed E-state index contributed by atoms with van der Waals surface area (Å²) in [5.41, 5.74) is 6.18. The summed E-state index contributed by atoms with van der Waals surface area (Å²) in [7, 11) is 1.81. The highest BCUT2D eigenvalue weighted by atomic mass is 35.5. The number of nitrogens with zero attached hydrogens (tertiary/aromatic N) is 7. The lowest BCUT2D eigenvalue weighted by atomic mass is 9.71. The summed E-state index contributed by atoms with van der Waals surface area (Å²) >= 11 is 6.43. The minimum atomic E-state index is -1.01. The molecule has 1 aliphatic carbocycles. The van der Waals surface area contributed by atoms with E-state index in [-0.39, 0.29) is 35.9 Å². The minimum absolute atomic E-state index is 0.0840. The van der Waals surface area contributed by atoms with Gasteiger partial charge in [0.15, 0.2) is 17.2 Å². The van der Waals surface area contributed by atoms with Gasteiger partial charge in [-0.25, -0.2) is 18.7 Å². The van der Waals surface area contributed by atoms with Crippen LogP contribution in [-0.2, 0) is 11.2 Å². The van der Waals surface area contributed by atoms with Gasteiger partial charge in [0.25, 0.3) is 11.8 Å². The van der Waals surface area contributed by atoms with Gasteiger partial charge in [0.2, 0.25) is 5.91 Å². The first-order valence-corrected chi connectivity index (χ1v) is 19.4. The molecule has 5 aliphatic rings. The minimum Gasteiger partial charge on any atom is -0.385 e. The van der Waals surface area contributed by atoms with Crippen LogP contribution in [0.3, 0.4) is 0 Å². The van der Waals surface area contributed by atoms with E-state index in [1.54, 1.807) is 22.7 Å². The molecule has 3 saturated heterocycles. The van der Waals surface area contributed by atoms with Crippen molar-refractivity contribution in [3.05, 3.63) is 70.5 Å². The van der Waals surface area contributed by atoms with Crippen LogP contribution in [0.15, 0.2) is 48.7 Å². The van der Waals surface area contributed by atoms with E-state index in [4.69, 9.17) is 16.7 Å². The van der Waals surface area contributed by atoms with Crippen LogP contribution in [0.1, 0.15) is 64.9 Å². The molecule has 2 atom stereocenters. The van der Waals surface area contributed by atoms with Gasteiger partial charge in [-0.1, -0.05) is 17.7 Å². The van der Waals surface area contributed by atoms with Crippen LogP contribution < -0.4 is 30.7 Å². The molecule has 4 aromatic rings. The number of rotatable bonds is 7. The summed E-state index contributed by atoms with van der Waals surface area (Å²) in [4.78, 5) is 63.2. The van der Waals surface area contributed by atoms with Crippen molar-refractivity contribution in [1.82, 2.24) is 30.1 Å². The lowest BCUT2D eigenvalue weighted by Gasteiger charge is -2.47. The fraction of sp³-hybridized carbons (Fsp3) is 0.436. The van der Waals surface area contributed by atoms with E-state index in [2.05, 4.69) is 48.9 Å². The summed E-state index contributed by atoms with van der Waals surface area (Å²) in [6.45, 7) is 4.11. The Morgan fingerprint density at radius 2 is 1.65 bits per heavy atom. The topological polar surface area (TPSA) is 148 Å². The Morgan fingerprint density at radius 1 is 0.927 bits per heavy atom. The van der Waals surface area contributed by atoms with Crippen LogP contribution in [0.5, 0.6) is 0 Å². The molecular formula is C39H42ClFN10O4. The molecule has 1 saturated carbocycles. The Balaban J connectivity index is 0.863. The molecule has 1 spiro atoms. The van der Waals surface area contributed by atoms with E-state index in [0.29, 0.717) is 47.2 Å². The third-order valence-corrected chi connectivity index (χ3v) is 12.4. The van der Waals surface area contributed by atoms with Gasteiger partial charge in [0.05, 0.1) is 28.6 Å². The number of alkyl halides is 1. The number of halogens is 2. The lowest BCUT2D eigenvalue weighted by Crippen LogP contribution is -2.50. The molecular weight excluding hydrogens is 727 g/mol. The van der Waals surface area contributed by atoms with E-state index >= 15 is 0 Å². The Hall–Kier alpha value is -5.44. The number of nitrogens with one attached hydrogen (secondary N) is 3. The smallest absolute Gasteiger partial charge is 0.328 e. The van der Waals surface area contributed by atoms with Gasteiger partial charge in [-0.05, 0) is 67.9 Å². The SMILES string of the molecule is CNc1cc(N2CCc3c(N4CCC5(CCN(C(=O)c6ccc(Cl)c(N7CCC(=O)NC7=O)c6)CC5)CC4)cccc32)nn2c(C(=O)N[C@@H]3C[C@@H]3F)cnc12. The Bertz CT molecular complexity index is 2230. The maximum Gasteiger partial charge on any atom is 0.328 e. The first-order valence-electron chi connectivity index (χ1n) is 19.0. The average Bonchev–Trinajstić information content (AvgIpc) is 3.52. The number of amides is 5. The fourth-order valence-corrected chi connectivity index (χ4v) is 8.89. The van der Waals surface area contributed by atoms with Crippen LogP contribution in [0.2, 0.25) is 5.02 Å². The summed E-state index contributed by atoms with van der Waals surface area (Å²) < 4.78 is 15.1. The maximum absolute atomic E-state index is 13.7. The standard InChI is InChI=1S/C39H42ClFN10O4/c1-42-28-21-33(46-51-32(22-43-35(28)51)36(53)44-27-20-26(27)41)49-13-7-24-29(3-2-4-30(24)49)47-15-9-39(10-16-47)11-17-48(18-12-39)37(54)23-5-6-25(40)31(19-23)50-14-8-34(52)45-38(50)55/h2-6,19,21-22,26-27,42H,7-18,20H2,1H3,(H,44,53)(H,45,52,55)/t26-,27+/m0/s1. The highest BCUT2D eigenvalue weighted by Crippen LogP contribution is 2.45. The van der Waals surface area contributed by atoms with E-state index in [9.17, 15) is 23.6 Å². The Labute approximate surface area is 322 Å². The van der Waals surface area contributed by atoms with Gasteiger partial charge >= 0.3 is 6.03 Å². The van der Waals surface area contributed by atoms with Crippen molar-refractivity contribution in [1.29, 1.82) is 0 Å². The number of hydrogen-bond donors (Lipinski definition) is 3. The predicted molar refractivity (Wildman–Crippen MR) is 206 cm³/mol. The predicted octanol–water partition coefficient (Wildman–Crippen LogP) is 4.93. The van der Waals surface area contributed by atoms with Crippen molar-refractivity contribution < 1.29 is 23.6 Å². The number of fused-ring (bicyclic) bond motifs is 2. The van der Waals surface area contributed by atoms with Crippen LogP contribution in [0.25, 0.3) is 5.65 Å². The Morgan fingerprint density at radius 3 is 2.38 bits per heavy atom. The molecule has 4 aliphatic heterocycles. The second-order valence-electron chi connectivity index (χ2n) is 15.3. The van der Waals surface area contributed by atoms with Gasteiger partial charge in [-0.3, -0.25) is 24.6 Å². The molecule has 55 heavy (non-hydrogen) atoms. The largest absolute Gasteiger partial charge is 0.385 e. The number of hydrogen-bond acceptors (Lipinski definition) is 9. The van der Waals surface area contributed by atoms with Gasteiger partial charge in [-0.15, -0.1) is 5.10 Å². The molecule has 0 bridgehead atoms. The van der Waals surface area contributed by atoms with E-state index in [1.165, 1.54) is 22.3 Å². The van der Waals surface area contributed by atoms with Crippen molar-refractivity contribution in [3.63, 3.8) is 0 Å². The van der Waals surface area contributed by atoms with Crippen molar-refractivity contribution in [2.75, 3.05) is 66.3 Å². The van der Waals surface area contributed by atoms with Crippen molar-refractivity contribution in [3.8, 4) is 0 Å². The highest BCUT2D eigenvalue weighted by molar-refractivity contribution is 6.34. The molecule has 3 N–H and O–H groups in total. The number of carbonyl (C=O) groups excluding carboxylic acids is 4. The molecule has 0 radical (unpaired) electrons. The van der Waals surface area contributed by atoms with Gasteiger partial charge in [0, 0.05) is 87.7 Å². The zero-order valence-electron chi connectivity index (χ0n) is 30.5. The molecule has 4 fully saturated rings. The number of likely N-dealkylation sites (tertiary alicyclic amines) is 1. The first kappa shape index (κ1) is 35.3. The van der Waals surface area contributed by atoms with Gasteiger partial charge in [-0.2, -0.15) is 0 Å². The summed E-state index contributed by atoms with van der Waals surface area (Å²) in [6, 6.07) is 12.4. The number of imide groups is 1. The number of aromatic nitrogens is 3. The van der Waals surface area contributed by atoms with E-state index in [0.717, 1.165) is 63.1 Å². The van der Waals surface area contributed by atoms with E-state index in [1.807, 2.05) is 18.0 Å². The van der Waals surface area contributed by atoms with Crippen LogP contribution in [0.4, 0.5) is 37.8 Å². The van der Waals surface area contributed by atoms with Crippen molar-refractivity contribution >= 4 is 69.6 Å². The summed E-state index contributed by atoms with van der Waals surface area (Å²) in [5.74, 6) is -0.115. The second kappa shape index (κ2) is 13.7. The number of anilines is 5. The second-order valence-corrected chi connectivity index (χ2v) is 15.7. The monoisotopic (exact) mass is 768 g/mol. The first-order chi connectivity index (χ1) is 26.6. The van der Waals surface area contributed by atoms with E-state index < -0.39 is 24.2 Å². The fourth-order valence-electron chi connectivity index (χ4n) is 8.67.